The average Bonchev–Trinajstić information content (AvgIpc) is 2.50. The second kappa shape index (κ2) is 7.23. The third-order valence-corrected chi connectivity index (χ3v) is 3.49. The van der Waals surface area contributed by atoms with E-state index in [1.54, 1.807) is 24.3 Å². The van der Waals surface area contributed by atoms with Crippen molar-refractivity contribution in [3.63, 3.8) is 0 Å². The molecule has 0 saturated carbocycles. The number of nitrogens with zero attached hydrogens (tertiary/aromatic N) is 1. The molecule has 1 amide bonds. The number of hydrogen-bond acceptors (Lipinski definition) is 2. The highest BCUT2D eigenvalue weighted by molar-refractivity contribution is 6.37. The summed E-state index contributed by atoms with van der Waals surface area (Å²) in [7, 11) is 0. The number of hydrogen-bond donors (Lipinski definition) is 1. The largest absolute Gasteiger partial charge is 0.319 e. The summed E-state index contributed by atoms with van der Waals surface area (Å²) in [4.78, 5) is 12.1. The van der Waals surface area contributed by atoms with E-state index < -0.39 is 17.5 Å². The minimum Gasteiger partial charge on any atom is -0.319 e. The fraction of sp³-hybridized carbons (Fsp3) is 0. The van der Waals surface area contributed by atoms with E-state index in [-0.39, 0.29) is 21.3 Å². The van der Waals surface area contributed by atoms with Crippen molar-refractivity contribution in [2.75, 3.05) is 5.32 Å². The van der Waals surface area contributed by atoms with Crippen LogP contribution in [0.1, 0.15) is 5.56 Å². The van der Waals surface area contributed by atoms with Crippen LogP contribution >= 0.6 is 23.2 Å². The van der Waals surface area contributed by atoms with Crippen molar-refractivity contribution in [1.29, 1.82) is 5.26 Å². The molecule has 0 aliphatic heterocycles. The van der Waals surface area contributed by atoms with Crippen LogP contribution in [0.25, 0.3) is 6.08 Å². The van der Waals surface area contributed by atoms with Crippen LogP contribution < -0.4 is 5.32 Å². The van der Waals surface area contributed by atoms with Crippen LogP contribution in [0, 0.1) is 23.0 Å². The molecule has 0 aromatic heterocycles. The van der Waals surface area contributed by atoms with Crippen molar-refractivity contribution in [2.24, 2.45) is 0 Å². The predicted molar refractivity (Wildman–Crippen MR) is 85.0 cm³/mol. The van der Waals surface area contributed by atoms with E-state index in [0.717, 1.165) is 12.1 Å². The van der Waals surface area contributed by atoms with E-state index in [4.69, 9.17) is 28.5 Å². The Morgan fingerprint density at radius 3 is 2.39 bits per heavy atom. The fourth-order valence-electron chi connectivity index (χ4n) is 1.72. The van der Waals surface area contributed by atoms with Gasteiger partial charge in [-0.2, -0.15) is 5.26 Å². The van der Waals surface area contributed by atoms with Gasteiger partial charge >= 0.3 is 0 Å². The van der Waals surface area contributed by atoms with E-state index in [1.165, 1.54) is 6.08 Å². The van der Waals surface area contributed by atoms with E-state index in [0.29, 0.717) is 11.6 Å². The van der Waals surface area contributed by atoms with Gasteiger partial charge in [-0.25, -0.2) is 8.78 Å². The van der Waals surface area contributed by atoms with Gasteiger partial charge in [-0.1, -0.05) is 29.3 Å². The lowest BCUT2D eigenvalue weighted by Gasteiger charge is -2.06. The van der Waals surface area contributed by atoms with Gasteiger partial charge in [0, 0.05) is 21.7 Å². The Morgan fingerprint density at radius 2 is 1.83 bits per heavy atom. The number of carbonyl (C=O) groups is 1. The fourth-order valence-corrected chi connectivity index (χ4v) is 2.23. The summed E-state index contributed by atoms with van der Waals surface area (Å²) in [5, 5.41) is 11.8. The number of benzene rings is 2. The van der Waals surface area contributed by atoms with Gasteiger partial charge in [0.15, 0.2) is 0 Å². The van der Waals surface area contributed by atoms with Crippen molar-refractivity contribution < 1.29 is 13.6 Å². The highest BCUT2D eigenvalue weighted by Gasteiger charge is 2.14. The Bertz CT molecular complexity index is 824. The molecule has 1 N–H and O–H groups in total. The summed E-state index contributed by atoms with van der Waals surface area (Å²) >= 11 is 11.9. The maximum atomic E-state index is 13.5. The highest BCUT2D eigenvalue weighted by atomic mass is 35.5. The molecule has 0 radical (unpaired) electrons. The van der Waals surface area contributed by atoms with Crippen LogP contribution in [0.4, 0.5) is 14.5 Å². The van der Waals surface area contributed by atoms with Crippen molar-refractivity contribution in [2.45, 2.75) is 0 Å². The van der Waals surface area contributed by atoms with Gasteiger partial charge in [-0.05, 0) is 30.3 Å². The Hall–Kier alpha value is -2.42. The second-order valence-corrected chi connectivity index (χ2v) is 5.20. The first kappa shape index (κ1) is 16.9. The van der Waals surface area contributed by atoms with Crippen LogP contribution in [-0.4, -0.2) is 5.91 Å². The molecule has 0 saturated heterocycles. The van der Waals surface area contributed by atoms with Crippen molar-refractivity contribution >= 4 is 40.9 Å². The molecule has 116 valence electrons. The topological polar surface area (TPSA) is 52.9 Å². The molecule has 2 aromatic carbocycles. The molecule has 0 fully saturated rings. The van der Waals surface area contributed by atoms with Crippen LogP contribution in [0.2, 0.25) is 10.0 Å². The first-order valence-corrected chi connectivity index (χ1v) is 7.00. The van der Waals surface area contributed by atoms with Crippen molar-refractivity contribution in [3.05, 3.63) is 69.2 Å². The molecule has 0 unspecified atom stereocenters. The molecule has 0 atom stereocenters. The maximum Gasteiger partial charge on any atom is 0.266 e. The summed E-state index contributed by atoms with van der Waals surface area (Å²) in [5.41, 5.74) is -0.284. The van der Waals surface area contributed by atoms with Crippen molar-refractivity contribution in [3.8, 4) is 6.07 Å². The van der Waals surface area contributed by atoms with Crippen LogP contribution in [0.15, 0.2) is 42.0 Å². The summed E-state index contributed by atoms with van der Waals surface area (Å²) in [6.07, 6.45) is 1.20. The maximum absolute atomic E-state index is 13.5. The van der Waals surface area contributed by atoms with Gasteiger partial charge in [-0.15, -0.1) is 0 Å². The zero-order valence-corrected chi connectivity index (χ0v) is 12.9. The van der Waals surface area contributed by atoms with Gasteiger partial charge in [0.05, 0.1) is 5.69 Å². The summed E-state index contributed by atoms with van der Waals surface area (Å²) in [5.74, 6) is -2.60. The molecule has 0 bridgehead atoms. The SMILES string of the molecule is N#CC(=Cc1c(Cl)cccc1Cl)C(=O)Nc1ccc(F)cc1F. The minimum absolute atomic E-state index is 0.247. The lowest BCUT2D eigenvalue weighted by Crippen LogP contribution is -2.14. The third-order valence-electron chi connectivity index (χ3n) is 2.83. The number of anilines is 1. The third kappa shape index (κ3) is 4.07. The normalized spacial score (nSPS) is 11.0. The molecular formula is C16H8Cl2F2N2O. The van der Waals surface area contributed by atoms with Crippen LogP contribution in [0.3, 0.4) is 0 Å². The summed E-state index contributed by atoms with van der Waals surface area (Å²) < 4.78 is 26.4. The van der Waals surface area contributed by atoms with Crippen LogP contribution in [-0.2, 0) is 4.79 Å². The lowest BCUT2D eigenvalue weighted by molar-refractivity contribution is -0.112. The molecule has 23 heavy (non-hydrogen) atoms. The first-order chi connectivity index (χ1) is 10.9. The molecule has 0 spiro atoms. The zero-order chi connectivity index (χ0) is 17.0. The standard InChI is InChI=1S/C16H8Cl2F2N2O/c17-12-2-1-3-13(18)11(12)6-9(8-21)16(23)22-15-5-4-10(19)7-14(15)20/h1-7H,(H,22,23). The average molecular weight is 353 g/mol. The molecular weight excluding hydrogens is 345 g/mol. The van der Waals surface area contributed by atoms with Crippen LogP contribution in [0.5, 0.6) is 0 Å². The lowest BCUT2D eigenvalue weighted by atomic mass is 10.1. The summed E-state index contributed by atoms with van der Waals surface area (Å²) in [6, 6.07) is 9.06. The Labute approximate surface area is 140 Å². The molecule has 2 rings (SSSR count). The number of halogens is 4. The summed E-state index contributed by atoms with van der Waals surface area (Å²) in [6.45, 7) is 0. The van der Waals surface area contributed by atoms with E-state index in [1.807, 2.05) is 0 Å². The molecule has 0 aliphatic carbocycles. The first-order valence-electron chi connectivity index (χ1n) is 6.24. The quantitative estimate of drug-likeness (QED) is 0.636. The van der Waals surface area contributed by atoms with Gasteiger partial charge < -0.3 is 5.32 Å². The zero-order valence-electron chi connectivity index (χ0n) is 11.4. The number of rotatable bonds is 3. The van der Waals surface area contributed by atoms with E-state index in [2.05, 4.69) is 5.32 Å². The van der Waals surface area contributed by atoms with Gasteiger partial charge in [0.2, 0.25) is 0 Å². The minimum atomic E-state index is -0.952. The Balaban J connectivity index is 2.32. The monoisotopic (exact) mass is 352 g/mol. The van der Waals surface area contributed by atoms with Crippen molar-refractivity contribution in [1.82, 2.24) is 0 Å². The number of nitriles is 1. The molecule has 7 heteroatoms. The van der Waals surface area contributed by atoms with Gasteiger partial charge in [0.1, 0.15) is 23.3 Å². The molecule has 0 heterocycles. The Morgan fingerprint density at radius 1 is 1.17 bits per heavy atom. The molecule has 3 nitrogen and oxygen atoms in total. The predicted octanol–water partition coefficient (Wildman–Crippen LogP) is 4.82. The van der Waals surface area contributed by atoms with E-state index in [9.17, 15) is 13.6 Å². The Kier molecular flexibility index (Phi) is 5.32. The number of carbonyl (C=O) groups excluding carboxylic acids is 1. The van der Waals surface area contributed by atoms with Gasteiger partial charge in [-0.3, -0.25) is 4.79 Å². The molecule has 2 aromatic rings. The number of nitrogens with one attached hydrogen (secondary N) is 1. The molecule has 0 aliphatic rings. The van der Waals surface area contributed by atoms with Gasteiger partial charge in [0.25, 0.3) is 5.91 Å². The van der Waals surface area contributed by atoms with E-state index >= 15 is 0 Å². The smallest absolute Gasteiger partial charge is 0.266 e. The number of amides is 1. The second-order valence-electron chi connectivity index (χ2n) is 4.38. The highest BCUT2D eigenvalue weighted by Crippen LogP contribution is 2.27.